The average molecular weight is 444 g/mol. The van der Waals surface area contributed by atoms with E-state index in [1.165, 1.54) is 10.6 Å². The quantitative estimate of drug-likeness (QED) is 0.618. The molecule has 33 heavy (non-hydrogen) atoms. The van der Waals surface area contributed by atoms with E-state index in [2.05, 4.69) is 0 Å². The number of nitrogens with zero attached hydrogens (tertiary/aromatic N) is 5. The van der Waals surface area contributed by atoms with Gasteiger partial charge in [-0.05, 0) is 31.4 Å². The first-order valence-electron chi connectivity index (χ1n) is 11.1. The lowest BCUT2D eigenvalue weighted by Crippen LogP contribution is -2.33. The SMILES string of the molecule is Cc1nc([C@@H]2CCCN2C(=O)c2ccc(=O)n(C)c2)nc2c1CC(=O)N2Cc1ccccc1. The maximum atomic E-state index is 13.3. The summed E-state index contributed by atoms with van der Waals surface area (Å²) in [4.78, 5) is 50.8. The van der Waals surface area contributed by atoms with E-state index in [1.54, 1.807) is 29.1 Å². The molecule has 0 unspecified atom stereocenters. The molecule has 8 nitrogen and oxygen atoms in total. The predicted octanol–water partition coefficient (Wildman–Crippen LogP) is 2.55. The van der Waals surface area contributed by atoms with Crippen molar-refractivity contribution in [2.75, 3.05) is 11.4 Å². The zero-order chi connectivity index (χ0) is 23.1. The van der Waals surface area contributed by atoms with Crippen molar-refractivity contribution in [2.45, 2.75) is 38.8 Å². The van der Waals surface area contributed by atoms with Gasteiger partial charge in [0.25, 0.3) is 5.91 Å². The minimum atomic E-state index is -0.270. The van der Waals surface area contributed by atoms with Crippen molar-refractivity contribution in [1.82, 2.24) is 19.4 Å². The average Bonchev–Trinajstić information content (AvgIpc) is 3.42. The van der Waals surface area contributed by atoms with Crippen LogP contribution in [-0.2, 0) is 24.8 Å². The summed E-state index contributed by atoms with van der Waals surface area (Å²) in [5.41, 5.74) is 2.96. The molecule has 2 aliphatic heterocycles. The van der Waals surface area contributed by atoms with E-state index in [4.69, 9.17) is 9.97 Å². The number of benzene rings is 1. The summed E-state index contributed by atoms with van der Waals surface area (Å²) >= 11 is 0. The highest BCUT2D eigenvalue weighted by Crippen LogP contribution is 2.36. The Labute approximate surface area is 191 Å². The van der Waals surface area contributed by atoms with Gasteiger partial charge in [0.15, 0.2) is 5.82 Å². The van der Waals surface area contributed by atoms with E-state index >= 15 is 0 Å². The minimum absolute atomic E-state index is 0.00737. The number of aromatic nitrogens is 3. The van der Waals surface area contributed by atoms with Gasteiger partial charge in [-0.1, -0.05) is 30.3 Å². The Morgan fingerprint density at radius 1 is 1.09 bits per heavy atom. The zero-order valence-corrected chi connectivity index (χ0v) is 18.7. The van der Waals surface area contributed by atoms with Gasteiger partial charge in [-0.25, -0.2) is 9.97 Å². The van der Waals surface area contributed by atoms with Gasteiger partial charge in [-0.15, -0.1) is 0 Å². The number of fused-ring (bicyclic) bond motifs is 1. The van der Waals surface area contributed by atoms with Gasteiger partial charge >= 0.3 is 0 Å². The Balaban J connectivity index is 1.48. The smallest absolute Gasteiger partial charge is 0.255 e. The number of hydrogen-bond acceptors (Lipinski definition) is 5. The molecule has 0 saturated carbocycles. The van der Waals surface area contributed by atoms with Crippen LogP contribution in [0.5, 0.6) is 0 Å². The third kappa shape index (κ3) is 3.82. The van der Waals surface area contributed by atoms with Crippen molar-refractivity contribution in [3.05, 3.63) is 87.2 Å². The summed E-state index contributed by atoms with van der Waals surface area (Å²) in [7, 11) is 1.63. The first-order valence-corrected chi connectivity index (χ1v) is 11.1. The lowest BCUT2D eigenvalue weighted by Gasteiger charge is -2.25. The van der Waals surface area contributed by atoms with Gasteiger partial charge in [0, 0.05) is 37.1 Å². The number of carbonyl (C=O) groups excluding carboxylic acids is 2. The van der Waals surface area contributed by atoms with Crippen LogP contribution in [0.3, 0.4) is 0 Å². The molecule has 1 saturated heterocycles. The number of carbonyl (C=O) groups is 2. The van der Waals surface area contributed by atoms with Crippen molar-refractivity contribution in [3.63, 3.8) is 0 Å². The molecule has 2 aliphatic rings. The first kappa shape index (κ1) is 21.1. The fourth-order valence-electron chi connectivity index (χ4n) is 4.64. The molecule has 1 fully saturated rings. The van der Waals surface area contributed by atoms with E-state index in [1.807, 2.05) is 37.3 Å². The minimum Gasteiger partial charge on any atom is -0.328 e. The summed E-state index contributed by atoms with van der Waals surface area (Å²) in [5, 5.41) is 0. The molecular formula is C25H25N5O3. The Bertz CT molecular complexity index is 1300. The molecule has 8 heteroatoms. The molecule has 0 aliphatic carbocycles. The highest BCUT2D eigenvalue weighted by molar-refractivity contribution is 6.00. The normalized spacial score (nSPS) is 17.5. The van der Waals surface area contributed by atoms with Gasteiger partial charge in [0.05, 0.1) is 24.6 Å². The molecule has 4 heterocycles. The second-order valence-electron chi connectivity index (χ2n) is 8.64. The molecule has 3 aromatic rings. The van der Waals surface area contributed by atoms with Crippen LogP contribution in [0, 0.1) is 6.92 Å². The summed E-state index contributed by atoms with van der Waals surface area (Å²) in [6.45, 7) is 2.95. The number of likely N-dealkylation sites (tertiary alicyclic amines) is 1. The van der Waals surface area contributed by atoms with Gasteiger partial charge in [0.1, 0.15) is 5.82 Å². The van der Waals surface area contributed by atoms with Gasteiger partial charge < -0.3 is 9.47 Å². The highest BCUT2D eigenvalue weighted by Gasteiger charge is 2.36. The maximum absolute atomic E-state index is 13.3. The largest absolute Gasteiger partial charge is 0.328 e. The molecule has 0 N–H and O–H groups in total. The van der Waals surface area contributed by atoms with Crippen molar-refractivity contribution in [3.8, 4) is 0 Å². The molecule has 0 radical (unpaired) electrons. The molecule has 168 valence electrons. The van der Waals surface area contributed by atoms with Gasteiger partial charge in [-0.2, -0.15) is 0 Å². The number of hydrogen-bond donors (Lipinski definition) is 0. The second kappa shape index (κ2) is 8.27. The second-order valence-corrected chi connectivity index (χ2v) is 8.64. The Morgan fingerprint density at radius 2 is 1.88 bits per heavy atom. The van der Waals surface area contributed by atoms with Crippen LogP contribution in [0.4, 0.5) is 5.82 Å². The van der Waals surface area contributed by atoms with Crippen LogP contribution in [0.1, 0.15) is 51.9 Å². The Kier molecular flexibility index (Phi) is 5.28. The third-order valence-corrected chi connectivity index (χ3v) is 6.42. The number of amides is 2. The monoisotopic (exact) mass is 443 g/mol. The predicted molar refractivity (Wildman–Crippen MR) is 123 cm³/mol. The van der Waals surface area contributed by atoms with E-state index in [0.717, 1.165) is 29.7 Å². The maximum Gasteiger partial charge on any atom is 0.255 e. The highest BCUT2D eigenvalue weighted by atomic mass is 16.2. The molecular weight excluding hydrogens is 418 g/mol. The molecule has 0 bridgehead atoms. The van der Waals surface area contributed by atoms with E-state index < -0.39 is 0 Å². The van der Waals surface area contributed by atoms with Crippen molar-refractivity contribution < 1.29 is 9.59 Å². The van der Waals surface area contributed by atoms with Crippen molar-refractivity contribution in [2.24, 2.45) is 7.05 Å². The van der Waals surface area contributed by atoms with Crippen LogP contribution in [0.15, 0.2) is 53.5 Å². The Morgan fingerprint density at radius 3 is 2.64 bits per heavy atom. The molecule has 2 amide bonds. The summed E-state index contributed by atoms with van der Waals surface area (Å²) in [6.07, 6.45) is 3.45. The van der Waals surface area contributed by atoms with Crippen LogP contribution >= 0.6 is 0 Å². The fourth-order valence-corrected chi connectivity index (χ4v) is 4.64. The number of anilines is 1. The summed E-state index contributed by atoms with van der Waals surface area (Å²) in [6, 6.07) is 12.5. The number of aryl methyl sites for hydroxylation is 2. The van der Waals surface area contributed by atoms with Crippen molar-refractivity contribution in [1.29, 1.82) is 0 Å². The lowest BCUT2D eigenvalue weighted by molar-refractivity contribution is -0.117. The molecule has 1 aromatic carbocycles. The van der Waals surface area contributed by atoms with E-state index in [-0.39, 0.29) is 23.4 Å². The Hall–Kier alpha value is -3.81. The topological polar surface area (TPSA) is 88.4 Å². The van der Waals surface area contributed by atoms with Crippen LogP contribution in [0.2, 0.25) is 0 Å². The lowest BCUT2D eigenvalue weighted by atomic mass is 10.1. The van der Waals surface area contributed by atoms with Crippen LogP contribution in [0.25, 0.3) is 0 Å². The molecule has 0 spiro atoms. The van der Waals surface area contributed by atoms with Crippen molar-refractivity contribution >= 4 is 17.6 Å². The fraction of sp³-hybridized carbons (Fsp3) is 0.320. The molecule has 5 rings (SSSR count). The number of rotatable bonds is 4. The van der Waals surface area contributed by atoms with Gasteiger partial charge in [0.2, 0.25) is 11.5 Å². The van der Waals surface area contributed by atoms with Crippen LogP contribution < -0.4 is 10.5 Å². The van der Waals surface area contributed by atoms with E-state index in [0.29, 0.717) is 36.7 Å². The van der Waals surface area contributed by atoms with E-state index in [9.17, 15) is 14.4 Å². The van der Waals surface area contributed by atoms with Crippen LogP contribution in [-0.4, -0.2) is 37.8 Å². The molecule has 1 atom stereocenters. The summed E-state index contributed by atoms with van der Waals surface area (Å²) < 4.78 is 1.40. The number of pyridine rings is 1. The first-order chi connectivity index (χ1) is 15.9. The standard InChI is InChI=1S/C25H25N5O3/c1-16-19-13-22(32)30(14-17-7-4-3-5-8-17)24(19)27-23(26-16)20-9-6-12-29(20)25(33)18-10-11-21(31)28(2)15-18/h3-5,7-8,10-11,15,20H,6,9,12-14H2,1-2H3/t20-/m0/s1. The zero-order valence-electron chi connectivity index (χ0n) is 18.7. The third-order valence-electron chi connectivity index (χ3n) is 6.42. The summed E-state index contributed by atoms with van der Waals surface area (Å²) in [5.74, 6) is 1.07. The van der Waals surface area contributed by atoms with Gasteiger partial charge in [-0.3, -0.25) is 19.3 Å². The molecule has 2 aromatic heterocycles.